The number of fused-ring (bicyclic) bond motifs is 3. The lowest BCUT2D eigenvalue weighted by molar-refractivity contribution is -0.122. The van der Waals surface area contributed by atoms with Crippen LogP contribution in [-0.2, 0) is 9.53 Å². The minimum absolute atomic E-state index is 0.0442. The Morgan fingerprint density at radius 2 is 1.54 bits per heavy atom. The summed E-state index contributed by atoms with van der Waals surface area (Å²) in [5, 5.41) is 14.4. The number of aromatic carboxylic acids is 1. The minimum Gasteiger partial charge on any atom is -0.478 e. The molecule has 35 heavy (non-hydrogen) atoms. The highest BCUT2D eigenvalue weighted by atomic mass is 19.1. The number of nitrogens with one attached hydrogen (secondary N) is 2. The molecule has 7 nitrogen and oxygen atoms in total. The van der Waals surface area contributed by atoms with Gasteiger partial charge >= 0.3 is 12.1 Å². The highest BCUT2D eigenvalue weighted by molar-refractivity contribution is 6.01. The van der Waals surface area contributed by atoms with Crippen LogP contribution in [0.5, 0.6) is 0 Å². The van der Waals surface area contributed by atoms with Gasteiger partial charge in [0.25, 0.3) is 0 Å². The minimum atomic E-state index is -1.33. The third kappa shape index (κ3) is 4.35. The van der Waals surface area contributed by atoms with E-state index in [1.54, 1.807) is 0 Å². The van der Waals surface area contributed by atoms with Crippen LogP contribution in [0.25, 0.3) is 11.1 Å². The van der Waals surface area contributed by atoms with Crippen molar-refractivity contribution in [2.75, 3.05) is 11.9 Å². The van der Waals surface area contributed by atoms with Gasteiger partial charge in [0.2, 0.25) is 5.91 Å². The van der Waals surface area contributed by atoms with Crippen molar-refractivity contribution in [3.8, 4) is 11.1 Å². The van der Waals surface area contributed by atoms with Crippen LogP contribution in [0.15, 0.2) is 66.7 Å². The Hall–Kier alpha value is -4.20. The fraction of sp³-hybridized carbons (Fsp3) is 0.222. The second-order valence-electron chi connectivity index (χ2n) is 8.79. The van der Waals surface area contributed by atoms with Crippen LogP contribution in [-0.4, -0.2) is 35.7 Å². The molecule has 3 aromatic rings. The van der Waals surface area contributed by atoms with E-state index in [0.29, 0.717) is 12.8 Å². The van der Waals surface area contributed by atoms with E-state index < -0.39 is 29.7 Å². The van der Waals surface area contributed by atoms with Crippen molar-refractivity contribution in [2.24, 2.45) is 5.92 Å². The summed E-state index contributed by atoms with van der Waals surface area (Å²) in [6, 6.07) is 19.5. The van der Waals surface area contributed by atoms with Crippen LogP contribution in [0, 0.1) is 11.7 Å². The molecule has 178 valence electrons. The molecule has 0 bridgehead atoms. The van der Waals surface area contributed by atoms with Crippen molar-refractivity contribution < 1.29 is 28.6 Å². The number of benzene rings is 3. The highest BCUT2D eigenvalue weighted by Gasteiger charge is 2.37. The zero-order chi connectivity index (χ0) is 24.5. The molecular weight excluding hydrogens is 451 g/mol. The number of hydrogen-bond acceptors (Lipinski definition) is 4. The molecule has 0 unspecified atom stereocenters. The molecule has 3 N–H and O–H groups in total. The van der Waals surface area contributed by atoms with E-state index >= 15 is 0 Å². The van der Waals surface area contributed by atoms with Gasteiger partial charge in [-0.1, -0.05) is 54.6 Å². The first-order valence-electron chi connectivity index (χ1n) is 11.4. The zero-order valence-electron chi connectivity index (χ0n) is 18.7. The van der Waals surface area contributed by atoms with Crippen molar-refractivity contribution in [2.45, 2.75) is 24.8 Å². The molecular formula is C27H23FN2O5. The second kappa shape index (κ2) is 9.21. The molecule has 0 heterocycles. The van der Waals surface area contributed by atoms with E-state index in [2.05, 4.69) is 22.8 Å². The van der Waals surface area contributed by atoms with E-state index in [1.807, 2.05) is 36.4 Å². The van der Waals surface area contributed by atoms with E-state index in [4.69, 9.17) is 4.74 Å². The van der Waals surface area contributed by atoms with Gasteiger partial charge < -0.3 is 20.5 Å². The van der Waals surface area contributed by atoms with Crippen molar-refractivity contribution >= 4 is 23.7 Å². The van der Waals surface area contributed by atoms with Gasteiger partial charge in [-0.25, -0.2) is 14.0 Å². The molecule has 0 atom stereocenters. The normalized spacial score (nSPS) is 18.1. The van der Waals surface area contributed by atoms with E-state index in [-0.39, 0.29) is 29.8 Å². The number of ether oxygens (including phenoxy) is 1. The molecule has 2 aliphatic rings. The SMILES string of the molecule is O=C(NC1CC(C(=O)Nc2c(F)cccc2C(=O)O)C1)OCC1c2ccccc2-c2ccccc21. The number of amides is 2. The van der Waals surface area contributed by atoms with Gasteiger partial charge in [0, 0.05) is 17.9 Å². The fourth-order valence-electron chi connectivity index (χ4n) is 4.81. The second-order valence-corrected chi connectivity index (χ2v) is 8.79. The monoisotopic (exact) mass is 474 g/mol. The van der Waals surface area contributed by atoms with E-state index in [0.717, 1.165) is 28.3 Å². The van der Waals surface area contributed by atoms with Gasteiger partial charge in [0.05, 0.1) is 11.3 Å². The molecule has 0 aliphatic heterocycles. The third-order valence-electron chi connectivity index (χ3n) is 6.67. The predicted octanol–water partition coefficient (Wildman–Crippen LogP) is 4.78. The maximum Gasteiger partial charge on any atom is 0.407 e. The number of alkyl carbamates (subject to hydrolysis) is 1. The maximum atomic E-state index is 14.1. The lowest BCUT2D eigenvalue weighted by Crippen LogP contribution is -2.48. The molecule has 0 spiro atoms. The predicted molar refractivity (Wildman–Crippen MR) is 127 cm³/mol. The summed E-state index contributed by atoms with van der Waals surface area (Å²) >= 11 is 0. The summed E-state index contributed by atoms with van der Waals surface area (Å²) in [7, 11) is 0. The first kappa shape index (κ1) is 22.6. The summed E-state index contributed by atoms with van der Waals surface area (Å²) in [5.74, 6) is -3.13. The summed E-state index contributed by atoms with van der Waals surface area (Å²) < 4.78 is 19.6. The summed E-state index contributed by atoms with van der Waals surface area (Å²) in [4.78, 5) is 36.2. The lowest BCUT2D eigenvalue weighted by Gasteiger charge is -2.34. The van der Waals surface area contributed by atoms with Crippen molar-refractivity contribution in [3.63, 3.8) is 0 Å². The van der Waals surface area contributed by atoms with E-state index in [9.17, 15) is 23.9 Å². The Kier molecular flexibility index (Phi) is 5.94. The average Bonchev–Trinajstić information content (AvgIpc) is 3.14. The molecule has 2 amide bonds. The van der Waals surface area contributed by atoms with Crippen molar-refractivity contribution in [1.29, 1.82) is 0 Å². The van der Waals surface area contributed by atoms with Crippen LogP contribution < -0.4 is 10.6 Å². The van der Waals surface area contributed by atoms with Crippen LogP contribution >= 0.6 is 0 Å². The van der Waals surface area contributed by atoms with Crippen molar-refractivity contribution in [1.82, 2.24) is 5.32 Å². The molecule has 1 fully saturated rings. The topological polar surface area (TPSA) is 105 Å². The summed E-state index contributed by atoms with van der Waals surface area (Å²) in [6.07, 6.45) is 0.151. The molecule has 2 aliphatic carbocycles. The number of rotatable bonds is 6. The quantitative estimate of drug-likeness (QED) is 0.477. The Morgan fingerprint density at radius 1 is 0.914 bits per heavy atom. The molecule has 0 aromatic heterocycles. The third-order valence-corrected chi connectivity index (χ3v) is 6.67. The van der Waals surface area contributed by atoms with Gasteiger partial charge in [-0.2, -0.15) is 0 Å². The molecule has 5 rings (SSSR count). The van der Waals surface area contributed by atoms with Crippen LogP contribution in [0.4, 0.5) is 14.9 Å². The van der Waals surface area contributed by atoms with Gasteiger partial charge in [0.15, 0.2) is 0 Å². The first-order chi connectivity index (χ1) is 16.9. The van der Waals surface area contributed by atoms with Gasteiger partial charge in [-0.15, -0.1) is 0 Å². The van der Waals surface area contributed by atoms with Gasteiger partial charge in [-0.05, 0) is 47.2 Å². The molecule has 1 saturated carbocycles. The zero-order valence-corrected chi connectivity index (χ0v) is 18.7. The maximum absolute atomic E-state index is 14.1. The Bertz CT molecular complexity index is 1270. The Morgan fingerprint density at radius 3 is 2.17 bits per heavy atom. The number of anilines is 1. The van der Waals surface area contributed by atoms with Crippen LogP contribution in [0.2, 0.25) is 0 Å². The Balaban J connectivity index is 1.13. The smallest absolute Gasteiger partial charge is 0.407 e. The van der Waals surface area contributed by atoms with Crippen LogP contribution in [0.3, 0.4) is 0 Å². The molecule has 8 heteroatoms. The number of carboxylic acids is 1. The molecule has 3 aromatic carbocycles. The largest absolute Gasteiger partial charge is 0.478 e. The lowest BCUT2D eigenvalue weighted by atomic mass is 9.79. The Labute approximate surface area is 200 Å². The number of para-hydroxylation sites is 1. The number of hydrogen-bond donors (Lipinski definition) is 3. The average molecular weight is 474 g/mol. The number of carbonyl (C=O) groups is 3. The summed E-state index contributed by atoms with van der Waals surface area (Å²) in [5.41, 5.74) is 3.87. The first-order valence-corrected chi connectivity index (χ1v) is 11.4. The van der Waals surface area contributed by atoms with Gasteiger partial charge in [0.1, 0.15) is 12.4 Å². The molecule has 0 radical (unpaired) electrons. The van der Waals surface area contributed by atoms with Crippen LogP contribution in [0.1, 0.15) is 40.2 Å². The molecule has 0 saturated heterocycles. The standard InChI is InChI=1S/C27H23FN2O5/c28-23-11-5-10-21(26(32)33)24(23)30-25(31)15-12-16(13-15)29-27(34)35-14-22-19-8-3-1-6-17(19)18-7-2-4-9-20(18)22/h1-11,15-16,22H,12-14H2,(H,29,34)(H,30,31)(H,32,33). The van der Waals surface area contributed by atoms with Crippen molar-refractivity contribution in [3.05, 3.63) is 89.2 Å². The number of carboxylic acid groups (broad SMARTS) is 1. The number of carbonyl (C=O) groups excluding carboxylic acids is 2. The van der Waals surface area contributed by atoms with E-state index in [1.165, 1.54) is 12.1 Å². The van der Waals surface area contributed by atoms with Gasteiger partial charge in [-0.3, -0.25) is 4.79 Å². The number of halogens is 1. The highest BCUT2D eigenvalue weighted by Crippen LogP contribution is 2.44. The summed E-state index contributed by atoms with van der Waals surface area (Å²) in [6.45, 7) is 0.196. The fourth-order valence-corrected chi connectivity index (χ4v) is 4.81.